The number of benzene rings is 1. The van der Waals surface area contributed by atoms with Gasteiger partial charge in [0.05, 0.1) is 24.3 Å². The summed E-state index contributed by atoms with van der Waals surface area (Å²) in [7, 11) is 3.46. The molecular weight excluding hydrogens is 344 g/mol. The van der Waals surface area contributed by atoms with E-state index in [1.807, 2.05) is 25.2 Å². The van der Waals surface area contributed by atoms with Crippen molar-refractivity contribution in [2.24, 2.45) is 7.05 Å². The summed E-state index contributed by atoms with van der Waals surface area (Å²) in [5.41, 5.74) is 2.29. The lowest BCUT2D eigenvalue weighted by Gasteiger charge is -2.12. The van der Waals surface area contributed by atoms with E-state index in [-0.39, 0.29) is 0 Å². The Balaban J connectivity index is 1.65. The monoisotopic (exact) mass is 362 g/mol. The number of hydrogen-bond acceptors (Lipinski definition) is 7. The molecular formula is C18H18N8O. The summed E-state index contributed by atoms with van der Waals surface area (Å²) in [4.78, 5) is 13.4. The van der Waals surface area contributed by atoms with E-state index < -0.39 is 0 Å². The molecule has 0 amide bonds. The van der Waals surface area contributed by atoms with Gasteiger partial charge < -0.3 is 10.1 Å². The Bertz CT molecular complexity index is 1130. The number of fused-ring (bicyclic) bond motifs is 1. The lowest BCUT2D eigenvalue weighted by Crippen LogP contribution is -2.07. The molecule has 1 saturated carbocycles. The second-order valence-corrected chi connectivity index (χ2v) is 6.55. The van der Waals surface area contributed by atoms with Crippen LogP contribution >= 0.6 is 0 Å². The van der Waals surface area contributed by atoms with Crippen LogP contribution in [-0.4, -0.2) is 47.7 Å². The normalized spacial score (nSPS) is 13.9. The quantitative estimate of drug-likeness (QED) is 0.581. The van der Waals surface area contributed by atoms with Crippen molar-refractivity contribution < 1.29 is 4.74 Å². The molecule has 9 heteroatoms. The molecule has 1 fully saturated rings. The summed E-state index contributed by atoms with van der Waals surface area (Å²) in [6.07, 6.45) is 7.52. The minimum Gasteiger partial charge on any atom is -0.494 e. The van der Waals surface area contributed by atoms with E-state index >= 15 is 0 Å². The van der Waals surface area contributed by atoms with Crippen molar-refractivity contribution in [2.45, 2.75) is 18.9 Å². The van der Waals surface area contributed by atoms with Gasteiger partial charge in [0.25, 0.3) is 0 Å². The van der Waals surface area contributed by atoms with Crippen molar-refractivity contribution in [3.8, 4) is 22.8 Å². The van der Waals surface area contributed by atoms with E-state index in [1.165, 1.54) is 0 Å². The second-order valence-electron chi connectivity index (χ2n) is 6.55. The average Bonchev–Trinajstić information content (AvgIpc) is 3.23. The van der Waals surface area contributed by atoms with Gasteiger partial charge in [-0.05, 0) is 25.0 Å². The third-order valence-electron chi connectivity index (χ3n) is 4.49. The lowest BCUT2D eigenvalue weighted by atomic mass is 10.1. The summed E-state index contributed by atoms with van der Waals surface area (Å²) in [6.45, 7) is 0. The van der Waals surface area contributed by atoms with E-state index in [0.717, 1.165) is 35.1 Å². The van der Waals surface area contributed by atoms with E-state index in [0.29, 0.717) is 23.6 Å². The number of ether oxygens (including phenoxy) is 1. The predicted molar refractivity (Wildman–Crippen MR) is 99.9 cm³/mol. The molecule has 1 aliphatic rings. The molecule has 0 bridgehead atoms. The van der Waals surface area contributed by atoms with E-state index in [2.05, 4.69) is 30.5 Å². The number of aromatic nitrogens is 7. The fourth-order valence-corrected chi connectivity index (χ4v) is 3.02. The highest BCUT2D eigenvalue weighted by atomic mass is 16.5. The Morgan fingerprint density at radius 2 is 2.07 bits per heavy atom. The first-order valence-electron chi connectivity index (χ1n) is 8.73. The molecule has 0 saturated heterocycles. The van der Waals surface area contributed by atoms with Gasteiger partial charge in [0, 0.05) is 19.3 Å². The standard InChI is InChI=1S/C18H18N8O/c1-25-10-20-16(24-25)13-4-3-5-14(15(13)27-2)26-17-11(9-21-26)8-19-18(23-17)22-12-6-7-12/h3-5,8-10,12H,6-7H2,1-2H3,(H,19,22,23). The van der Waals surface area contributed by atoms with Crippen molar-refractivity contribution in [3.63, 3.8) is 0 Å². The third-order valence-corrected chi connectivity index (χ3v) is 4.49. The highest BCUT2D eigenvalue weighted by molar-refractivity contribution is 5.79. The summed E-state index contributed by atoms with van der Waals surface area (Å²) in [5.74, 6) is 1.86. The van der Waals surface area contributed by atoms with Gasteiger partial charge in [0.2, 0.25) is 5.95 Å². The fraction of sp³-hybridized carbons (Fsp3) is 0.278. The zero-order valence-corrected chi connectivity index (χ0v) is 15.0. The van der Waals surface area contributed by atoms with Crippen molar-refractivity contribution in [1.29, 1.82) is 0 Å². The molecule has 0 radical (unpaired) electrons. The molecule has 0 atom stereocenters. The van der Waals surface area contributed by atoms with Gasteiger partial charge in [0.15, 0.2) is 17.2 Å². The highest BCUT2D eigenvalue weighted by Gasteiger charge is 2.23. The van der Waals surface area contributed by atoms with E-state index in [1.54, 1.807) is 35.2 Å². The molecule has 5 rings (SSSR count). The number of para-hydroxylation sites is 1. The van der Waals surface area contributed by atoms with Crippen molar-refractivity contribution in [3.05, 3.63) is 36.9 Å². The van der Waals surface area contributed by atoms with Crippen molar-refractivity contribution in [2.75, 3.05) is 12.4 Å². The molecule has 3 heterocycles. The maximum absolute atomic E-state index is 5.71. The number of anilines is 1. The van der Waals surface area contributed by atoms with Crippen LogP contribution in [0.5, 0.6) is 5.75 Å². The molecule has 4 aromatic rings. The Kier molecular flexibility index (Phi) is 3.52. The third kappa shape index (κ3) is 2.77. The smallest absolute Gasteiger partial charge is 0.224 e. The van der Waals surface area contributed by atoms with Gasteiger partial charge in [-0.25, -0.2) is 14.6 Å². The molecule has 3 aromatic heterocycles. The van der Waals surface area contributed by atoms with Gasteiger partial charge in [-0.2, -0.15) is 15.2 Å². The molecule has 1 aromatic carbocycles. The number of rotatable bonds is 5. The first kappa shape index (κ1) is 15.7. The first-order chi connectivity index (χ1) is 13.2. The molecule has 9 nitrogen and oxygen atoms in total. The summed E-state index contributed by atoms with van der Waals surface area (Å²) >= 11 is 0. The van der Waals surface area contributed by atoms with Crippen LogP contribution in [0.4, 0.5) is 5.95 Å². The van der Waals surface area contributed by atoms with Gasteiger partial charge >= 0.3 is 0 Å². The molecule has 1 aliphatic carbocycles. The van der Waals surface area contributed by atoms with Crippen LogP contribution in [0, 0.1) is 0 Å². The van der Waals surface area contributed by atoms with Crippen LogP contribution in [0.15, 0.2) is 36.9 Å². The second kappa shape index (κ2) is 6.04. The molecule has 136 valence electrons. The Labute approximate surface area is 155 Å². The zero-order valence-electron chi connectivity index (χ0n) is 15.0. The van der Waals surface area contributed by atoms with Crippen LogP contribution in [0.2, 0.25) is 0 Å². The molecule has 0 spiro atoms. The minimum absolute atomic E-state index is 0.479. The van der Waals surface area contributed by atoms with Crippen LogP contribution in [0.25, 0.3) is 28.1 Å². The van der Waals surface area contributed by atoms with Gasteiger partial charge in [-0.1, -0.05) is 6.07 Å². The number of hydrogen-bond donors (Lipinski definition) is 1. The Morgan fingerprint density at radius 1 is 1.19 bits per heavy atom. The van der Waals surface area contributed by atoms with Crippen LogP contribution in [0.1, 0.15) is 12.8 Å². The summed E-state index contributed by atoms with van der Waals surface area (Å²) < 4.78 is 9.13. The maximum atomic E-state index is 5.71. The van der Waals surface area contributed by atoms with Crippen molar-refractivity contribution in [1.82, 2.24) is 34.5 Å². The maximum Gasteiger partial charge on any atom is 0.224 e. The number of nitrogens with zero attached hydrogens (tertiary/aromatic N) is 7. The number of methoxy groups -OCH3 is 1. The van der Waals surface area contributed by atoms with Gasteiger partial charge in [0.1, 0.15) is 12.0 Å². The number of nitrogens with one attached hydrogen (secondary N) is 1. The van der Waals surface area contributed by atoms with Gasteiger partial charge in [-0.3, -0.25) is 4.68 Å². The van der Waals surface area contributed by atoms with Crippen LogP contribution in [-0.2, 0) is 7.05 Å². The lowest BCUT2D eigenvalue weighted by molar-refractivity contribution is 0.413. The predicted octanol–water partition coefficient (Wildman–Crippen LogP) is 2.19. The molecule has 0 aliphatic heterocycles. The Morgan fingerprint density at radius 3 is 2.81 bits per heavy atom. The highest BCUT2D eigenvalue weighted by Crippen LogP contribution is 2.34. The van der Waals surface area contributed by atoms with E-state index in [9.17, 15) is 0 Å². The topological polar surface area (TPSA) is 95.6 Å². The first-order valence-corrected chi connectivity index (χ1v) is 8.73. The molecule has 27 heavy (non-hydrogen) atoms. The number of aryl methyl sites for hydroxylation is 1. The zero-order chi connectivity index (χ0) is 18.4. The summed E-state index contributed by atoms with van der Waals surface area (Å²) in [6, 6.07) is 6.28. The Hall–Kier alpha value is -3.49. The minimum atomic E-state index is 0.479. The SMILES string of the molecule is COc1c(-c2ncn(C)n2)cccc1-n1ncc2cnc(NC3CC3)nc21. The van der Waals surface area contributed by atoms with Crippen LogP contribution in [0.3, 0.4) is 0 Å². The largest absolute Gasteiger partial charge is 0.494 e. The molecule has 0 unspecified atom stereocenters. The van der Waals surface area contributed by atoms with Crippen molar-refractivity contribution >= 4 is 17.0 Å². The fourth-order valence-electron chi connectivity index (χ4n) is 3.02. The molecule has 1 N–H and O–H groups in total. The van der Waals surface area contributed by atoms with E-state index in [4.69, 9.17) is 4.74 Å². The van der Waals surface area contributed by atoms with Gasteiger partial charge in [-0.15, -0.1) is 0 Å². The summed E-state index contributed by atoms with van der Waals surface area (Å²) in [5, 5.41) is 13.1. The average molecular weight is 362 g/mol. The van der Waals surface area contributed by atoms with Crippen LogP contribution < -0.4 is 10.1 Å².